The molecular weight excluding hydrogens is 180 g/mol. The number of rotatable bonds is 6. The van der Waals surface area contributed by atoms with E-state index in [1.807, 2.05) is 19.9 Å². The van der Waals surface area contributed by atoms with Crippen LogP contribution in [0.25, 0.3) is 0 Å². The van der Waals surface area contributed by atoms with Crippen molar-refractivity contribution in [1.82, 2.24) is 4.90 Å². The van der Waals surface area contributed by atoms with Crippen molar-refractivity contribution in [2.75, 3.05) is 20.3 Å². The highest BCUT2D eigenvalue weighted by molar-refractivity contribution is 5.76. The molecule has 4 heteroatoms. The average molecular weight is 198 g/mol. The van der Waals surface area contributed by atoms with Crippen molar-refractivity contribution in [1.29, 1.82) is 5.26 Å². The zero-order chi connectivity index (χ0) is 11.0. The van der Waals surface area contributed by atoms with E-state index in [-0.39, 0.29) is 11.9 Å². The number of hydrogen-bond acceptors (Lipinski definition) is 3. The summed E-state index contributed by atoms with van der Waals surface area (Å²) in [6, 6.07) is 2.18. The molecule has 0 N–H and O–H groups in total. The summed E-state index contributed by atoms with van der Waals surface area (Å²) in [6.45, 7) is 4.84. The van der Waals surface area contributed by atoms with E-state index in [4.69, 9.17) is 10.00 Å². The highest BCUT2D eigenvalue weighted by Gasteiger charge is 2.15. The van der Waals surface area contributed by atoms with Crippen LogP contribution in [0.5, 0.6) is 0 Å². The first kappa shape index (κ1) is 12.9. The van der Waals surface area contributed by atoms with Gasteiger partial charge < -0.3 is 9.64 Å². The van der Waals surface area contributed by atoms with E-state index in [0.29, 0.717) is 26.0 Å². The van der Waals surface area contributed by atoms with Crippen LogP contribution in [-0.4, -0.2) is 37.1 Å². The standard InChI is InChI=1S/C10H18N2O2/c1-9(2)12(7-4-6-11)10(13)5-8-14-3/h9H,4-5,7-8H2,1-3H3. The highest BCUT2D eigenvalue weighted by Crippen LogP contribution is 2.02. The third-order valence-electron chi connectivity index (χ3n) is 1.93. The minimum absolute atomic E-state index is 0.0529. The van der Waals surface area contributed by atoms with Gasteiger partial charge in [-0.1, -0.05) is 0 Å². The quantitative estimate of drug-likeness (QED) is 0.643. The van der Waals surface area contributed by atoms with Crippen LogP contribution in [0.15, 0.2) is 0 Å². The first-order valence-corrected chi connectivity index (χ1v) is 4.78. The molecule has 0 heterocycles. The van der Waals surface area contributed by atoms with Gasteiger partial charge >= 0.3 is 0 Å². The fourth-order valence-corrected chi connectivity index (χ4v) is 1.17. The average Bonchev–Trinajstić information content (AvgIpc) is 2.14. The fourth-order valence-electron chi connectivity index (χ4n) is 1.17. The van der Waals surface area contributed by atoms with Gasteiger partial charge in [0.15, 0.2) is 0 Å². The van der Waals surface area contributed by atoms with Crippen LogP contribution in [0.3, 0.4) is 0 Å². The molecule has 0 spiro atoms. The number of nitrogens with zero attached hydrogens (tertiary/aromatic N) is 2. The smallest absolute Gasteiger partial charge is 0.225 e. The first-order valence-electron chi connectivity index (χ1n) is 4.78. The molecule has 0 aliphatic rings. The Hall–Kier alpha value is -1.08. The molecule has 80 valence electrons. The van der Waals surface area contributed by atoms with Crippen molar-refractivity contribution in [3.05, 3.63) is 0 Å². The molecule has 0 radical (unpaired) electrons. The zero-order valence-corrected chi connectivity index (χ0v) is 9.12. The van der Waals surface area contributed by atoms with E-state index in [9.17, 15) is 4.79 Å². The second-order valence-electron chi connectivity index (χ2n) is 3.33. The molecule has 0 aromatic heterocycles. The second kappa shape index (κ2) is 7.34. The lowest BCUT2D eigenvalue weighted by Crippen LogP contribution is -2.38. The number of carbonyl (C=O) groups is 1. The van der Waals surface area contributed by atoms with Crippen molar-refractivity contribution in [3.63, 3.8) is 0 Å². The lowest BCUT2D eigenvalue weighted by Gasteiger charge is -2.25. The lowest BCUT2D eigenvalue weighted by atomic mass is 10.2. The Morgan fingerprint density at radius 2 is 2.21 bits per heavy atom. The Labute approximate surface area is 85.5 Å². The van der Waals surface area contributed by atoms with Gasteiger partial charge in [-0.05, 0) is 13.8 Å². The number of hydrogen-bond donors (Lipinski definition) is 0. The minimum Gasteiger partial charge on any atom is -0.384 e. The van der Waals surface area contributed by atoms with Gasteiger partial charge in [0.1, 0.15) is 0 Å². The molecule has 0 fully saturated rings. The summed E-state index contributed by atoms with van der Waals surface area (Å²) in [5.41, 5.74) is 0. The maximum absolute atomic E-state index is 11.6. The predicted molar refractivity (Wildman–Crippen MR) is 53.6 cm³/mol. The SMILES string of the molecule is COCCC(=O)N(CCC#N)C(C)C. The van der Waals surface area contributed by atoms with Crippen LogP contribution in [0.1, 0.15) is 26.7 Å². The third kappa shape index (κ3) is 4.83. The van der Waals surface area contributed by atoms with E-state index in [2.05, 4.69) is 0 Å². The molecule has 4 nitrogen and oxygen atoms in total. The van der Waals surface area contributed by atoms with Crippen LogP contribution in [0, 0.1) is 11.3 Å². The molecule has 14 heavy (non-hydrogen) atoms. The zero-order valence-electron chi connectivity index (χ0n) is 9.12. The van der Waals surface area contributed by atoms with Gasteiger partial charge in [0.25, 0.3) is 0 Å². The summed E-state index contributed by atoms with van der Waals surface area (Å²) in [5.74, 6) is 0.0529. The number of methoxy groups -OCH3 is 1. The summed E-state index contributed by atoms with van der Waals surface area (Å²) in [5, 5.41) is 8.44. The molecule has 0 bridgehead atoms. The van der Waals surface area contributed by atoms with Crippen molar-refractivity contribution < 1.29 is 9.53 Å². The van der Waals surface area contributed by atoms with E-state index in [1.54, 1.807) is 12.0 Å². The molecule has 0 aliphatic carbocycles. The molecule has 0 saturated carbocycles. The van der Waals surface area contributed by atoms with Gasteiger partial charge in [-0.15, -0.1) is 0 Å². The van der Waals surface area contributed by atoms with Crippen LogP contribution < -0.4 is 0 Å². The summed E-state index contributed by atoms with van der Waals surface area (Å²) < 4.78 is 4.83. The summed E-state index contributed by atoms with van der Waals surface area (Å²) >= 11 is 0. The number of ether oxygens (including phenoxy) is 1. The largest absolute Gasteiger partial charge is 0.384 e. The van der Waals surface area contributed by atoms with Gasteiger partial charge in [0.2, 0.25) is 5.91 Å². The van der Waals surface area contributed by atoms with Crippen LogP contribution in [0.2, 0.25) is 0 Å². The normalized spacial score (nSPS) is 9.93. The Morgan fingerprint density at radius 1 is 1.57 bits per heavy atom. The molecule has 0 atom stereocenters. The Balaban J connectivity index is 4.06. The number of nitriles is 1. The van der Waals surface area contributed by atoms with Gasteiger partial charge in [0.05, 0.1) is 25.5 Å². The maximum Gasteiger partial charge on any atom is 0.225 e. The molecule has 0 saturated heterocycles. The molecule has 0 unspecified atom stereocenters. The van der Waals surface area contributed by atoms with E-state index < -0.39 is 0 Å². The van der Waals surface area contributed by atoms with Gasteiger partial charge in [-0.2, -0.15) is 5.26 Å². The number of carbonyl (C=O) groups excluding carboxylic acids is 1. The molecule has 0 aliphatic heterocycles. The summed E-state index contributed by atoms with van der Waals surface area (Å²) in [4.78, 5) is 13.3. The monoisotopic (exact) mass is 198 g/mol. The van der Waals surface area contributed by atoms with Crippen molar-refractivity contribution in [2.24, 2.45) is 0 Å². The lowest BCUT2D eigenvalue weighted by molar-refractivity contribution is -0.133. The van der Waals surface area contributed by atoms with Crippen LogP contribution in [0.4, 0.5) is 0 Å². The molecule has 0 aromatic rings. The van der Waals surface area contributed by atoms with E-state index in [0.717, 1.165) is 0 Å². The van der Waals surface area contributed by atoms with Gasteiger partial charge in [-0.25, -0.2) is 0 Å². The predicted octanol–water partition coefficient (Wildman–Crippen LogP) is 1.17. The summed E-state index contributed by atoms with van der Waals surface area (Å²) in [6.07, 6.45) is 0.775. The third-order valence-corrected chi connectivity index (χ3v) is 1.93. The van der Waals surface area contributed by atoms with Crippen molar-refractivity contribution in [2.45, 2.75) is 32.7 Å². The van der Waals surface area contributed by atoms with Crippen molar-refractivity contribution in [3.8, 4) is 6.07 Å². The summed E-state index contributed by atoms with van der Waals surface area (Å²) in [7, 11) is 1.57. The fraction of sp³-hybridized carbons (Fsp3) is 0.800. The minimum atomic E-state index is 0.0529. The van der Waals surface area contributed by atoms with Gasteiger partial charge in [-0.3, -0.25) is 4.79 Å². The topological polar surface area (TPSA) is 53.3 Å². The Bertz CT molecular complexity index is 209. The molecular formula is C10H18N2O2. The van der Waals surface area contributed by atoms with Crippen molar-refractivity contribution >= 4 is 5.91 Å². The Kier molecular flexibility index (Phi) is 6.77. The van der Waals surface area contributed by atoms with Crippen LogP contribution in [-0.2, 0) is 9.53 Å². The Morgan fingerprint density at radius 3 is 2.64 bits per heavy atom. The van der Waals surface area contributed by atoms with Crippen LogP contribution >= 0.6 is 0 Å². The van der Waals surface area contributed by atoms with Gasteiger partial charge in [0, 0.05) is 19.7 Å². The molecule has 1 amide bonds. The highest BCUT2D eigenvalue weighted by atomic mass is 16.5. The molecule has 0 rings (SSSR count). The van der Waals surface area contributed by atoms with E-state index in [1.165, 1.54) is 0 Å². The second-order valence-corrected chi connectivity index (χ2v) is 3.33. The first-order chi connectivity index (χ1) is 6.63. The van der Waals surface area contributed by atoms with E-state index >= 15 is 0 Å². The molecule has 0 aromatic carbocycles. The maximum atomic E-state index is 11.6. The number of amides is 1.